The van der Waals surface area contributed by atoms with Crippen LogP contribution in [0, 0.1) is 96.9 Å². The highest BCUT2D eigenvalue weighted by Crippen LogP contribution is 2.45. The number of hydrogen-bond donors (Lipinski definition) is 0. The molecule has 20 aromatic carbocycles. The number of carbonyl (C=O) groups is 1. The highest BCUT2D eigenvalue weighted by atomic mass is 16.1. The van der Waals surface area contributed by atoms with Crippen LogP contribution in [0.25, 0.3) is 11.1 Å². The fourth-order valence-corrected chi connectivity index (χ4v) is 18.0. The topological polar surface area (TPSA) is 36.5 Å². The highest BCUT2D eigenvalue weighted by Gasteiger charge is 2.22. The quantitative estimate of drug-likeness (QED) is 0.0664. The smallest absolute Gasteiger partial charge is 0.193 e. The van der Waals surface area contributed by atoms with Crippen LogP contribution in [-0.4, -0.2) is 5.78 Å². The van der Waals surface area contributed by atoms with E-state index in [-0.39, 0.29) is 5.78 Å². The third kappa shape index (κ3) is 27.2. The summed E-state index contributed by atoms with van der Waals surface area (Å²) >= 11 is 0. The molecule has 0 heterocycles. The summed E-state index contributed by atoms with van der Waals surface area (Å²) in [5, 5.41) is 0. The lowest BCUT2D eigenvalue weighted by atomic mass is 9.97. The first-order chi connectivity index (χ1) is 69.1. The van der Waals surface area contributed by atoms with Crippen LogP contribution in [-0.2, 0) is 0 Å². The van der Waals surface area contributed by atoms with Gasteiger partial charge < -0.3 is 29.4 Å². The zero-order chi connectivity index (χ0) is 99.2. The van der Waals surface area contributed by atoms with E-state index in [2.05, 4.69) is 551 Å². The fraction of sp³-hybridized carbons (Fsp3) is 0.104. The lowest BCUT2D eigenvalue weighted by Crippen LogP contribution is -2.13. The Bertz CT molecular complexity index is 6990. The van der Waals surface area contributed by atoms with Crippen LogP contribution in [0.3, 0.4) is 0 Å². The van der Waals surface area contributed by atoms with Crippen molar-refractivity contribution >= 4 is 108 Å². The molecule has 0 unspecified atom stereocenters. The summed E-state index contributed by atoms with van der Waals surface area (Å²) in [5.41, 5.74) is 42.5. The van der Waals surface area contributed by atoms with E-state index in [1.54, 1.807) is 0 Å². The van der Waals surface area contributed by atoms with Crippen molar-refractivity contribution in [3.05, 3.63) is 599 Å². The van der Waals surface area contributed by atoms with Gasteiger partial charge in [-0.2, -0.15) is 0 Å². The van der Waals surface area contributed by atoms with Crippen molar-refractivity contribution in [3.8, 4) is 11.1 Å². The molecule has 0 aromatic heterocycles. The molecule has 0 amide bonds. The molecule has 20 aromatic rings. The number of anilines is 18. The molecule has 0 aliphatic rings. The van der Waals surface area contributed by atoms with Gasteiger partial charge in [-0.05, 0) is 388 Å². The van der Waals surface area contributed by atoms with Gasteiger partial charge in [0.15, 0.2) is 5.78 Å². The molecule has 702 valence electrons. The number of rotatable bonds is 21. The van der Waals surface area contributed by atoms with Crippen LogP contribution in [0.4, 0.5) is 102 Å². The van der Waals surface area contributed by atoms with Crippen molar-refractivity contribution in [1.82, 2.24) is 0 Å². The Morgan fingerprint density at radius 3 is 0.563 bits per heavy atom. The number of nitrogens with zero attached hydrogens (tertiary/aromatic N) is 6. The second-order valence-electron chi connectivity index (χ2n) is 36.6. The molecule has 0 bridgehead atoms. The minimum Gasteiger partial charge on any atom is -0.311 e. The second kappa shape index (κ2) is 48.7. The Morgan fingerprint density at radius 1 is 0.120 bits per heavy atom. The maximum atomic E-state index is 12.5. The second-order valence-corrected chi connectivity index (χ2v) is 36.6. The number of ketones is 1. The summed E-state index contributed by atoms with van der Waals surface area (Å²) in [6.45, 7) is 30.0. The first-order valence-electron chi connectivity index (χ1n) is 48.8. The Morgan fingerprint density at radius 2 is 0.296 bits per heavy atom. The molecule has 142 heavy (non-hydrogen) atoms. The zero-order valence-electron chi connectivity index (χ0n) is 84.1. The van der Waals surface area contributed by atoms with Gasteiger partial charge in [0.1, 0.15) is 0 Å². The zero-order valence-corrected chi connectivity index (χ0v) is 84.1. The summed E-state index contributed by atoms with van der Waals surface area (Å²) < 4.78 is 0. The molecule has 0 N–H and O–H groups in total. The molecule has 0 aliphatic heterocycles. The minimum absolute atomic E-state index is 0.0603. The molecule has 7 nitrogen and oxygen atoms in total. The van der Waals surface area contributed by atoms with Crippen molar-refractivity contribution < 1.29 is 4.79 Å². The van der Waals surface area contributed by atoms with E-state index >= 15 is 0 Å². The van der Waals surface area contributed by atoms with E-state index in [9.17, 15) is 4.79 Å². The lowest BCUT2D eigenvalue weighted by molar-refractivity contribution is 0.103. The predicted octanol–water partition coefficient (Wildman–Crippen LogP) is 38.2. The van der Waals surface area contributed by atoms with E-state index in [1.165, 1.54) is 146 Å². The first-order valence-corrected chi connectivity index (χ1v) is 48.8. The van der Waals surface area contributed by atoms with Gasteiger partial charge in [0.05, 0.1) is 0 Å². The standard InChI is InChI=1S/C31H26N2.2C23H25N.C20H16O.2C19H17N/c1-25-22-30(32(26-14-6-2-7-15-26)27-16-8-3-9-17-27)24-31(23-25)33(28-18-10-4-11-19-28)29-20-12-5-13-21-29;1-16-6-8-21(9-7-16)24(22-12-17(2)10-18(3)13-22)23-14-19(4)11-20(5)15-23;1-16-7-6-8-21(11-16)24(22-12-17(2)9-18(3)13-22)23-14-19(4)10-20(5)15-23;1-15-7-5-10-17(13-15)18-11-6-12-19(14-18)20(21)16-8-3-2-4-9-16;1-16-9-8-14-19(15-16)20(17-10-4-2-5-11-17)18-12-6-3-7-13-18;1-16-12-14-19(15-13-16)20(17-8-4-2-5-9-17)18-10-6-3-7-11-18/h2-24H,1H3;2*6-15H,1-5H3;2-14H,1H3;2*2-15H,1H3. The maximum Gasteiger partial charge on any atom is 0.193 e. The molecule has 0 spiro atoms. The number of benzene rings is 20. The summed E-state index contributed by atoms with van der Waals surface area (Å²) in [7, 11) is 0. The molecule has 0 atom stereocenters. The fourth-order valence-electron chi connectivity index (χ4n) is 18.0. The third-order valence-electron chi connectivity index (χ3n) is 24.2. The Balaban J connectivity index is 0.000000130. The van der Waals surface area contributed by atoms with Crippen LogP contribution in [0.15, 0.2) is 510 Å². The van der Waals surface area contributed by atoms with Crippen molar-refractivity contribution in [2.75, 3.05) is 29.4 Å². The summed E-state index contributed by atoms with van der Waals surface area (Å²) in [6.07, 6.45) is 0. The van der Waals surface area contributed by atoms with Gasteiger partial charge in [-0.1, -0.05) is 308 Å². The van der Waals surface area contributed by atoms with E-state index in [0.29, 0.717) is 0 Å². The van der Waals surface area contributed by atoms with Crippen molar-refractivity contribution in [2.45, 2.75) is 96.9 Å². The molecule has 0 aliphatic carbocycles. The van der Waals surface area contributed by atoms with Crippen LogP contribution in [0.2, 0.25) is 0 Å². The highest BCUT2D eigenvalue weighted by molar-refractivity contribution is 6.09. The molecule has 0 radical (unpaired) electrons. The number of carbonyl (C=O) groups excluding carboxylic acids is 1. The number of para-hydroxylation sites is 8. The van der Waals surface area contributed by atoms with Gasteiger partial charge in [-0.15, -0.1) is 0 Å². The van der Waals surface area contributed by atoms with Gasteiger partial charge >= 0.3 is 0 Å². The largest absolute Gasteiger partial charge is 0.311 e. The minimum atomic E-state index is 0.0603. The van der Waals surface area contributed by atoms with E-state index in [1.807, 2.05) is 84.9 Å². The average Bonchev–Trinajstić information content (AvgIpc) is 0.753. The van der Waals surface area contributed by atoms with Gasteiger partial charge in [0, 0.05) is 113 Å². The normalized spacial score (nSPS) is 10.5. The van der Waals surface area contributed by atoms with Gasteiger partial charge in [-0.3, -0.25) is 4.79 Å². The van der Waals surface area contributed by atoms with Crippen LogP contribution in [0.1, 0.15) is 93.8 Å². The van der Waals surface area contributed by atoms with Crippen LogP contribution < -0.4 is 29.4 Å². The Hall–Kier alpha value is -17.1. The van der Waals surface area contributed by atoms with Crippen molar-refractivity contribution in [1.29, 1.82) is 0 Å². The van der Waals surface area contributed by atoms with Gasteiger partial charge in [0.2, 0.25) is 0 Å². The van der Waals surface area contributed by atoms with Crippen LogP contribution >= 0.6 is 0 Å². The lowest BCUT2D eigenvalue weighted by Gasteiger charge is -2.30. The van der Waals surface area contributed by atoms with E-state index in [4.69, 9.17) is 0 Å². The van der Waals surface area contributed by atoms with Crippen molar-refractivity contribution in [3.63, 3.8) is 0 Å². The molecule has 20 rings (SSSR count). The SMILES string of the molecule is Cc1cc(N(c2ccccc2)c2ccccc2)cc(N(c2ccccc2)c2ccccc2)c1.Cc1ccc(N(c2cc(C)cc(C)c2)c2cc(C)cc(C)c2)cc1.Cc1ccc(N(c2ccccc2)c2ccccc2)cc1.Cc1cccc(-c2cccc(C(=O)c3ccccc3)c2)c1.Cc1cccc(N(c2cc(C)cc(C)c2)c2cc(C)cc(C)c2)c1.Cc1cccc(N(c2ccccc2)c2ccccc2)c1. The number of aryl methyl sites for hydroxylation is 14. The summed E-state index contributed by atoms with van der Waals surface area (Å²) in [6, 6.07) is 178. The monoisotopic (exact) mass is 1850 g/mol. The van der Waals surface area contributed by atoms with E-state index < -0.39 is 0 Å². The van der Waals surface area contributed by atoms with Crippen molar-refractivity contribution in [2.24, 2.45) is 0 Å². The Labute approximate surface area is 843 Å². The third-order valence-corrected chi connectivity index (χ3v) is 24.2. The average molecular weight is 1850 g/mol. The van der Waals surface area contributed by atoms with Gasteiger partial charge in [0.25, 0.3) is 0 Å². The van der Waals surface area contributed by atoms with E-state index in [0.717, 1.165) is 56.4 Å². The molecule has 7 heteroatoms. The van der Waals surface area contributed by atoms with Gasteiger partial charge in [-0.25, -0.2) is 0 Å². The molecule has 0 fully saturated rings. The molecule has 0 saturated carbocycles. The summed E-state index contributed by atoms with van der Waals surface area (Å²) in [4.78, 5) is 26.4. The Kier molecular flexibility index (Phi) is 34.1. The first kappa shape index (κ1) is 99.4. The number of hydrogen-bond acceptors (Lipinski definition) is 7. The maximum absolute atomic E-state index is 12.5. The van der Waals surface area contributed by atoms with Crippen LogP contribution in [0.5, 0.6) is 0 Å². The molecular weight excluding hydrogens is 1720 g/mol. The molecular formula is C135H126N6O. The summed E-state index contributed by atoms with van der Waals surface area (Å²) in [5.74, 6) is 0.0603. The molecule has 0 saturated heterocycles. The predicted molar refractivity (Wildman–Crippen MR) is 608 cm³/mol.